The van der Waals surface area contributed by atoms with Crippen LogP contribution >= 0.6 is 0 Å². The normalized spacial score (nSPS) is 14.0. The molecular weight excluding hydrogens is 696 g/mol. The summed E-state index contributed by atoms with van der Waals surface area (Å²) in [6.07, 6.45) is 0.0374. The first-order chi connectivity index (χ1) is 25.6. The van der Waals surface area contributed by atoms with Gasteiger partial charge in [-0.25, -0.2) is 4.79 Å². The Hall–Kier alpha value is -5.60. The minimum absolute atomic E-state index is 0.0171. The highest BCUT2D eigenvalue weighted by atomic mass is 16.6. The molecule has 4 amide bonds. The number of carbonyl (C=O) groups is 6. The molecule has 15 nitrogen and oxygen atoms in total. The van der Waals surface area contributed by atoms with Gasteiger partial charge in [0.15, 0.2) is 0 Å². The Labute approximate surface area is 315 Å². The summed E-state index contributed by atoms with van der Waals surface area (Å²) in [6.45, 7) is 11.9. The smallest absolute Gasteiger partial charge is 0.408 e. The van der Waals surface area contributed by atoms with Gasteiger partial charge in [-0.05, 0) is 64.2 Å². The quantitative estimate of drug-likeness (QED) is 0.0980. The number of alkyl carbamates (subject to hydrolysis) is 1. The summed E-state index contributed by atoms with van der Waals surface area (Å²) < 4.78 is 16.3. The first-order valence-corrected chi connectivity index (χ1v) is 18.1. The number of Topliss-reactive ketones (excluding diaryl/α,β-unsaturated/α-hetero) is 1. The van der Waals surface area contributed by atoms with Crippen molar-refractivity contribution in [2.24, 2.45) is 5.92 Å². The van der Waals surface area contributed by atoms with Gasteiger partial charge < -0.3 is 35.2 Å². The molecule has 1 aromatic heterocycles. The largest absolute Gasteiger partial charge is 0.460 e. The molecule has 0 aliphatic carbocycles. The van der Waals surface area contributed by atoms with Crippen LogP contribution in [-0.2, 0) is 35.3 Å². The summed E-state index contributed by atoms with van der Waals surface area (Å²) in [7, 11) is 0. The molecule has 54 heavy (non-hydrogen) atoms. The van der Waals surface area contributed by atoms with Crippen molar-refractivity contribution in [2.75, 3.05) is 0 Å². The van der Waals surface area contributed by atoms with E-state index in [2.05, 4.69) is 31.5 Å². The Bertz CT molecular complexity index is 1710. The van der Waals surface area contributed by atoms with Gasteiger partial charge in [-0.15, -0.1) is 10.2 Å². The molecule has 0 spiro atoms. The van der Waals surface area contributed by atoms with Crippen LogP contribution in [0.15, 0.2) is 65.1 Å². The first kappa shape index (κ1) is 42.8. The molecule has 4 N–H and O–H groups in total. The minimum Gasteiger partial charge on any atom is -0.460 e. The lowest BCUT2D eigenvalue weighted by Crippen LogP contribution is -2.58. The number of esters is 1. The average molecular weight is 749 g/mol. The summed E-state index contributed by atoms with van der Waals surface area (Å²) in [6, 6.07) is 13.3. The van der Waals surface area contributed by atoms with Crippen molar-refractivity contribution in [1.82, 2.24) is 31.5 Å². The number of nitrogens with zero attached hydrogens (tertiary/aromatic N) is 2. The van der Waals surface area contributed by atoms with Crippen LogP contribution in [0.1, 0.15) is 96.8 Å². The second kappa shape index (κ2) is 20.6. The van der Waals surface area contributed by atoms with Crippen LogP contribution in [0.4, 0.5) is 4.79 Å². The monoisotopic (exact) mass is 748 g/mol. The van der Waals surface area contributed by atoms with Crippen molar-refractivity contribution in [3.8, 4) is 11.5 Å². The minimum atomic E-state index is -1.31. The summed E-state index contributed by atoms with van der Waals surface area (Å²) in [5.41, 5.74) is 0.596. The van der Waals surface area contributed by atoms with E-state index in [9.17, 15) is 28.8 Å². The molecule has 2 aromatic carbocycles. The third kappa shape index (κ3) is 13.7. The Kier molecular flexibility index (Phi) is 16.3. The maximum atomic E-state index is 13.7. The number of hydrogen-bond donors (Lipinski definition) is 4. The summed E-state index contributed by atoms with van der Waals surface area (Å²) in [5.74, 6) is -3.83. The van der Waals surface area contributed by atoms with Crippen LogP contribution in [-0.4, -0.2) is 75.5 Å². The number of rotatable bonds is 19. The molecule has 1 heterocycles. The van der Waals surface area contributed by atoms with Gasteiger partial charge in [-0.3, -0.25) is 24.0 Å². The number of benzene rings is 2. The van der Waals surface area contributed by atoms with Gasteiger partial charge >= 0.3 is 12.1 Å². The predicted molar refractivity (Wildman–Crippen MR) is 199 cm³/mol. The third-order valence-electron chi connectivity index (χ3n) is 8.29. The van der Waals surface area contributed by atoms with Crippen LogP contribution in [0, 0.1) is 5.92 Å². The number of ether oxygens (including phenoxy) is 2. The van der Waals surface area contributed by atoms with E-state index >= 15 is 0 Å². The topological polar surface area (TPSA) is 208 Å². The van der Waals surface area contributed by atoms with E-state index in [0.29, 0.717) is 18.4 Å². The van der Waals surface area contributed by atoms with Crippen molar-refractivity contribution >= 4 is 35.6 Å². The van der Waals surface area contributed by atoms with Gasteiger partial charge in [0.2, 0.25) is 29.4 Å². The zero-order chi connectivity index (χ0) is 39.8. The SMILES string of the molecule is CCCC(NC(=O)C(C)NC(=O)C(CCC(=O)OC(C)(C)C)NC(=O)C(NC(=O)OCc1ccccc1)C(C)CC)C(=O)c1nnc(-c2ccccc2)o1. The molecule has 3 aromatic rings. The lowest BCUT2D eigenvalue weighted by atomic mass is 9.97. The average Bonchev–Trinajstić information content (AvgIpc) is 3.64. The Morgan fingerprint density at radius 2 is 1.39 bits per heavy atom. The van der Waals surface area contributed by atoms with Crippen molar-refractivity contribution in [2.45, 2.75) is 117 Å². The van der Waals surface area contributed by atoms with Gasteiger partial charge in [0.1, 0.15) is 30.3 Å². The zero-order valence-corrected chi connectivity index (χ0v) is 32.0. The highest BCUT2D eigenvalue weighted by Crippen LogP contribution is 2.19. The fourth-order valence-corrected chi connectivity index (χ4v) is 5.18. The van der Waals surface area contributed by atoms with E-state index < -0.39 is 65.3 Å². The van der Waals surface area contributed by atoms with E-state index in [1.165, 1.54) is 6.92 Å². The Morgan fingerprint density at radius 3 is 2.00 bits per heavy atom. The molecule has 292 valence electrons. The highest BCUT2D eigenvalue weighted by Gasteiger charge is 2.33. The van der Waals surface area contributed by atoms with Crippen LogP contribution in [0.25, 0.3) is 11.5 Å². The zero-order valence-electron chi connectivity index (χ0n) is 32.0. The molecule has 5 unspecified atom stereocenters. The molecule has 0 fully saturated rings. The summed E-state index contributed by atoms with van der Waals surface area (Å²) in [4.78, 5) is 79.4. The van der Waals surface area contributed by atoms with Crippen molar-refractivity contribution in [1.29, 1.82) is 0 Å². The maximum Gasteiger partial charge on any atom is 0.408 e. The molecule has 0 saturated heterocycles. The second-order valence-electron chi connectivity index (χ2n) is 14.0. The second-order valence-corrected chi connectivity index (χ2v) is 14.0. The molecule has 0 saturated carbocycles. The van der Waals surface area contributed by atoms with Crippen molar-refractivity contribution in [3.05, 3.63) is 72.1 Å². The molecule has 0 aliphatic heterocycles. The fraction of sp³-hybridized carbons (Fsp3) is 0.487. The molecular formula is C39H52N6O9. The highest BCUT2D eigenvalue weighted by molar-refractivity contribution is 6.00. The van der Waals surface area contributed by atoms with Crippen molar-refractivity contribution < 1.29 is 42.7 Å². The first-order valence-electron chi connectivity index (χ1n) is 18.1. The number of ketones is 1. The molecule has 0 bridgehead atoms. The molecule has 3 rings (SSSR count). The molecule has 5 atom stereocenters. The van der Waals surface area contributed by atoms with E-state index in [1.807, 2.05) is 26.0 Å². The lowest BCUT2D eigenvalue weighted by molar-refractivity contribution is -0.155. The van der Waals surface area contributed by atoms with Crippen LogP contribution < -0.4 is 21.3 Å². The Morgan fingerprint density at radius 1 is 0.759 bits per heavy atom. The van der Waals surface area contributed by atoms with E-state index in [1.54, 1.807) is 76.2 Å². The maximum absolute atomic E-state index is 13.7. The predicted octanol–water partition coefficient (Wildman–Crippen LogP) is 4.66. The van der Waals surface area contributed by atoms with E-state index in [-0.39, 0.29) is 43.6 Å². The Balaban J connectivity index is 1.72. The standard InChI is InChI=1S/C39H52N6O9/c1-8-16-28(32(47)37-45-44-36(53-37)27-19-14-11-15-20-27)41-33(48)25(4)40-34(49)29(21-22-30(46)54-39(5,6)7)42-35(50)31(24(3)9-2)43-38(51)52-23-26-17-12-10-13-18-26/h10-15,17-20,24-25,28-29,31H,8-9,16,21-23H2,1-7H3,(H,40,49)(H,41,48)(H,42,50)(H,43,51). The van der Waals surface area contributed by atoms with Gasteiger partial charge in [0.25, 0.3) is 5.89 Å². The van der Waals surface area contributed by atoms with Gasteiger partial charge in [-0.1, -0.05) is 82.1 Å². The summed E-state index contributed by atoms with van der Waals surface area (Å²) >= 11 is 0. The van der Waals surface area contributed by atoms with E-state index in [0.717, 1.165) is 5.56 Å². The molecule has 0 aliphatic rings. The van der Waals surface area contributed by atoms with Gasteiger partial charge in [-0.2, -0.15) is 0 Å². The number of amides is 4. The number of hydrogen-bond acceptors (Lipinski definition) is 11. The number of aromatic nitrogens is 2. The number of carbonyl (C=O) groups excluding carboxylic acids is 6. The molecule has 15 heteroatoms. The van der Waals surface area contributed by atoms with Crippen molar-refractivity contribution in [3.63, 3.8) is 0 Å². The molecule has 0 radical (unpaired) electrons. The lowest BCUT2D eigenvalue weighted by Gasteiger charge is -2.27. The van der Waals surface area contributed by atoms with Crippen LogP contribution in [0.3, 0.4) is 0 Å². The summed E-state index contributed by atoms with van der Waals surface area (Å²) in [5, 5.41) is 18.3. The third-order valence-corrected chi connectivity index (χ3v) is 8.29. The van der Waals surface area contributed by atoms with Crippen LogP contribution in [0.5, 0.6) is 0 Å². The van der Waals surface area contributed by atoms with Gasteiger partial charge in [0, 0.05) is 12.0 Å². The van der Waals surface area contributed by atoms with Gasteiger partial charge in [0.05, 0.1) is 6.04 Å². The number of nitrogens with one attached hydrogen (secondary N) is 4. The fourth-order valence-electron chi connectivity index (χ4n) is 5.18. The van der Waals surface area contributed by atoms with Crippen LogP contribution in [0.2, 0.25) is 0 Å². The van der Waals surface area contributed by atoms with E-state index in [4.69, 9.17) is 13.9 Å².